The second-order valence-electron chi connectivity index (χ2n) is 19.8. The van der Waals surface area contributed by atoms with Gasteiger partial charge in [0.1, 0.15) is 72.5 Å². The molecule has 0 amide bonds. The van der Waals surface area contributed by atoms with Crippen molar-refractivity contribution in [2.75, 3.05) is 44.5 Å². The molecule has 0 bridgehead atoms. The monoisotopic (exact) mass is 1060 g/mol. The molecule has 5 aromatic rings. The first kappa shape index (κ1) is 57.6. The van der Waals surface area contributed by atoms with Crippen molar-refractivity contribution in [2.24, 2.45) is 5.92 Å². The number of benzene rings is 1. The van der Waals surface area contributed by atoms with Gasteiger partial charge in [-0.2, -0.15) is 20.7 Å². The highest BCUT2D eigenvalue weighted by molar-refractivity contribution is 7.48. The van der Waals surface area contributed by atoms with Crippen LogP contribution in [0.2, 0.25) is 0 Å². The van der Waals surface area contributed by atoms with E-state index in [1.165, 1.54) is 117 Å². The maximum Gasteiger partial charge on any atom is 0.474 e. The highest BCUT2D eigenvalue weighted by atomic mass is 31.2. The summed E-state index contributed by atoms with van der Waals surface area (Å²) in [7, 11) is -4.81. The zero-order chi connectivity index (χ0) is 53.3. The molecule has 0 unspecified atom stereocenters. The van der Waals surface area contributed by atoms with E-state index in [4.69, 9.17) is 39.2 Å². The summed E-state index contributed by atoms with van der Waals surface area (Å²) in [5.74, 6) is -0.142. The first-order valence-electron chi connectivity index (χ1n) is 26.6. The Morgan fingerprint density at radius 1 is 0.653 bits per heavy atom. The molecule has 1 aromatic carbocycles. The number of nitrogens with two attached hydrogens (primary N) is 2. The molecule has 0 radical (unpaired) electrons. The Hall–Kier alpha value is -5.13. The summed E-state index contributed by atoms with van der Waals surface area (Å²) in [6.07, 6.45) is 13.5. The van der Waals surface area contributed by atoms with Gasteiger partial charge < -0.3 is 46.1 Å². The molecule has 75 heavy (non-hydrogen) atoms. The smallest absolute Gasteiger partial charge is 0.387 e. The molecule has 4 aromatic heterocycles. The molecule has 0 aliphatic carbocycles. The number of aliphatic hydroxyl groups is 4. The first-order chi connectivity index (χ1) is 36.4. The van der Waals surface area contributed by atoms with Crippen LogP contribution < -0.4 is 11.5 Å². The van der Waals surface area contributed by atoms with Crippen LogP contribution in [0, 0.1) is 28.6 Å². The Morgan fingerprint density at radius 2 is 1.11 bits per heavy atom. The Morgan fingerprint density at radius 3 is 1.56 bits per heavy atom. The van der Waals surface area contributed by atoms with Crippen LogP contribution in [0.3, 0.4) is 0 Å². The van der Waals surface area contributed by atoms with E-state index in [9.17, 15) is 35.5 Å². The molecule has 2 saturated heterocycles. The summed E-state index contributed by atoms with van der Waals surface area (Å²) in [5.41, 5.74) is 9.45. The lowest BCUT2D eigenvalue weighted by atomic mass is 9.92. The number of ether oxygens (including phenoxy) is 3. The van der Waals surface area contributed by atoms with E-state index in [-0.39, 0.29) is 42.2 Å². The first-order valence-corrected chi connectivity index (χ1v) is 28.1. The van der Waals surface area contributed by atoms with E-state index >= 15 is 0 Å². The second kappa shape index (κ2) is 27.8. The molecule has 6 heterocycles. The molecule has 7 rings (SSSR count). The maximum absolute atomic E-state index is 15.0. The Bertz CT molecular complexity index is 2550. The summed E-state index contributed by atoms with van der Waals surface area (Å²) < 4.78 is 53.8. The lowest BCUT2D eigenvalue weighted by molar-refractivity contribution is -0.0748. The van der Waals surface area contributed by atoms with Gasteiger partial charge in [-0.05, 0) is 49.1 Å². The number of unbranched alkanes of at least 4 members (excludes halogenated alkanes) is 15. The zero-order valence-corrected chi connectivity index (χ0v) is 43.9. The van der Waals surface area contributed by atoms with Crippen LogP contribution >= 0.6 is 7.82 Å². The lowest BCUT2D eigenvalue weighted by Crippen LogP contribution is -2.41. The highest BCUT2D eigenvalue weighted by Gasteiger charge is 2.59. The van der Waals surface area contributed by atoms with Crippen LogP contribution in [-0.2, 0) is 50.0 Å². The minimum atomic E-state index is -4.81. The van der Waals surface area contributed by atoms with Crippen LogP contribution in [0.4, 0.5) is 11.6 Å². The number of fused-ring (bicyclic) bond motifs is 2. The summed E-state index contributed by atoms with van der Waals surface area (Å²) in [4.78, 5) is 7.93. The third kappa shape index (κ3) is 14.1. The summed E-state index contributed by atoms with van der Waals surface area (Å²) in [6.45, 7) is 1.36. The number of nitriles is 2. The number of hydrogen-bond donors (Lipinski definition) is 6. The van der Waals surface area contributed by atoms with Gasteiger partial charge in [-0.25, -0.2) is 23.6 Å². The fourth-order valence-electron chi connectivity index (χ4n) is 9.97. The fourth-order valence-corrected chi connectivity index (χ4v) is 11.2. The molecule has 22 heteroatoms. The number of rotatable bonds is 33. The van der Waals surface area contributed by atoms with Gasteiger partial charge in [0.05, 0.1) is 37.8 Å². The average molecular weight is 1060 g/mol. The van der Waals surface area contributed by atoms with Gasteiger partial charge >= 0.3 is 7.82 Å². The predicted molar refractivity (Wildman–Crippen MR) is 277 cm³/mol. The van der Waals surface area contributed by atoms with Crippen molar-refractivity contribution >= 4 is 30.5 Å². The molecular weight excluding hydrogens is 984 g/mol. The van der Waals surface area contributed by atoms with Crippen molar-refractivity contribution in [1.82, 2.24) is 29.2 Å². The Balaban J connectivity index is 0.991. The molecule has 0 spiro atoms. The van der Waals surface area contributed by atoms with Gasteiger partial charge in [-0.1, -0.05) is 134 Å². The van der Waals surface area contributed by atoms with Crippen molar-refractivity contribution in [3.8, 4) is 12.1 Å². The third-order valence-corrected chi connectivity index (χ3v) is 15.8. The average Bonchev–Trinajstić information content (AvgIpc) is 4.19. The van der Waals surface area contributed by atoms with Crippen LogP contribution in [-0.4, -0.2) is 119 Å². The van der Waals surface area contributed by atoms with E-state index in [0.29, 0.717) is 30.5 Å². The molecule has 9 atom stereocenters. The van der Waals surface area contributed by atoms with Gasteiger partial charge in [0.25, 0.3) is 0 Å². The molecule has 0 saturated carbocycles. The Kier molecular flexibility index (Phi) is 21.3. The number of nitrogen functional groups attached to an aromatic ring is 2. The van der Waals surface area contributed by atoms with Crippen LogP contribution in [0.15, 0.2) is 67.3 Å². The number of aryl methyl sites for hydroxylation is 1. The molecule has 2 aliphatic heterocycles. The number of aliphatic hydroxyl groups excluding tert-OH is 4. The zero-order valence-electron chi connectivity index (χ0n) is 43.0. The standard InChI is InChI=1S/C53H75N10O11P/c1-2-3-4-5-6-7-8-9-10-11-12-13-14-15-16-20-29-69-30-39(24-23-38-21-18-17-19-22-38)31-70-75(68,71-32-42-46(64)48(66)52(34-54,73-42)44-27-25-40-50(56)58-36-60-62(40)44)72-33-43-47(65)49(67)53(35-55,74-43)45-28-26-41-51(57)59-37-61-63(41)45/h17-19,21-22,25-28,36-37,39,42-43,46-49,64-67H,2-16,20,23-24,29-33H2,1H3,(H2,56,58,60)(H2,57,59,61)/t39-,42-,43-,46-,47-,48-,49-,52+,53+/m1/s1. The summed E-state index contributed by atoms with van der Waals surface area (Å²) >= 11 is 0. The lowest BCUT2D eigenvalue weighted by Gasteiger charge is -2.26. The molecular formula is C53H75N10O11P. The highest BCUT2D eigenvalue weighted by Crippen LogP contribution is 2.53. The number of phosphoric acid groups is 1. The second-order valence-corrected chi connectivity index (χ2v) is 21.5. The quantitative estimate of drug-likeness (QED) is 0.0182. The molecule has 21 nitrogen and oxygen atoms in total. The minimum absolute atomic E-state index is 0.0384. The normalized spacial score (nSPS) is 24.3. The van der Waals surface area contributed by atoms with Gasteiger partial charge in [0.15, 0.2) is 11.6 Å². The number of nitrogens with zero attached hydrogens (tertiary/aromatic N) is 8. The number of aromatic nitrogens is 6. The largest absolute Gasteiger partial charge is 0.474 e. The van der Waals surface area contributed by atoms with Crippen molar-refractivity contribution in [3.63, 3.8) is 0 Å². The maximum atomic E-state index is 15.0. The van der Waals surface area contributed by atoms with Gasteiger partial charge in [-0.15, -0.1) is 0 Å². The molecule has 2 fully saturated rings. The van der Waals surface area contributed by atoms with E-state index < -0.39 is 68.9 Å². The Labute approximate surface area is 438 Å². The molecule has 2 aliphatic rings. The third-order valence-electron chi connectivity index (χ3n) is 14.4. The number of phosphoric ester groups is 1. The van der Waals surface area contributed by atoms with E-state index in [0.717, 1.165) is 37.5 Å². The van der Waals surface area contributed by atoms with Crippen molar-refractivity contribution < 1.29 is 52.8 Å². The number of hydrogen-bond acceptors (Lipinski definition) is 19. The summed E-state index contributed by atoms with van der Waals surface area (Å²) in [5, 5.41) is 74.9. The fraction of sp³-hybridized carbons (Fsp3) is 0.623. The van der Waals surface area contributed by atoms with E-state index in [1.54, 1.807) is 0 Å². The molecule has 408 valence electrons. The van der Waals surface area contributed by atoms with E-state index in [2.05, 4.69) is 27.1 Å². The van der Waals surface area contributed by atoms with Crippen molar-refractivity contribution in [3.05, 3.63) is 84.2 Å². The van der Waals surface area contributed by atoms with Crippen molar-refractivity contribution in [2.45, 2.75) is 170 Å². The molecule has 8 N–H and O–H groups in total. The van der Waals surface area contributed by atoms with Gasteiger partial charge in [0, 0.05) is 12.5 Å². The van der Waals surface area contributed by atoms with Crippen molar-refractivity contribution in [1.29, 1.82) is 10.5 Å². The SMILES string of the molecule is CCCCCCCCCCCCCCCCCCOC[C@@H](CCc1ccccc1)COP(=O)(OC[C@H]1O[C@@](C#N)(c2ccc3c(N)ncnn23)[C@H](O)[C@@H]1O)OC[C@H]1O[C@@](C#N)(c2ccc3c(N)ncnn23)[C@H](O)[C@@H]1O. The van der Waals surface area contributed by atoms with Crippen LogP contribution in [0.1, 0.15) is 133 Å². The minimum Gasteiger partial charge on any atom is -0.387 e. The number of anilines is 2. The predicted octanol–water partition coefficient (Wildman–Crippen LogP) is 7.00. The van der Waals surface area contributed by atoms with Crippen LogP contribution in [0.5, 0.6) is 0 Å². The van der Waals surface area contributed by atoms with Gasteiger partial charge in [-0.3, -0.25) is 13.6 Å². The van der Waals surface area contributed by atoms with Gasteiger partial charge in [0.2, 0.25) is 11.2 Å². The van der Waals surface area contributed by atoms with E-state index in [1.807, 2.05) is 42.5 Å². The summed E-state index contributed by atoms with van der Waals surface area (Å²) in [6, 6.07) is 19.8. The topological polar surface area (TPSA) is 313 Å². The van der Waals surface area contributed by atoms with Crippen LogP contribution in [0.25, 0.3) is 11.0 Å².